The van der Waals surface area contributed by atoms with Crippen LogP contribution in [0.4, 0.5) is 4.39 Å². The van der Waals surface area contributed by atoms with E-state index < -0.39 is 0 Å². The van der Waals surface area contributed by atoms with Crippen molar-refractivity contribution in [3.8, 4) is 17.2 Å². The van der Waals surface area contributed by atoms with Gasteiger partial charge in [0.15, 0.2) is 0 Å². The third-order valence-corrected chi connectivity index (χ3v) is 3.02. The van der Waals surface area contributed by atoms with E-state index in [4.69, 9.17) is 5.26 Å². The molecular weight excluding hydrogens is 239 g/mol. The molecule has 0 atom stereocenters. The van der Waals surface area contributed by atoms with Crippen molar-refractivity contribution in [2.45, 2.75) is 0 Å². The van der Waals surface area contributed by atoms with Gasteiger partial charge in [0.2, 0.25) is 0 Å². The molecule has 3 aromatic rings. The van der Waals surface area contributed by atoms with E-state index in [1.165, 1.54) is 12.1 Å². The summed E-state index contributed by atoms with van der Waals surface area (Å²) in [5.74, 6) is -0.308. The van der Waals surface area contributed by atoms with Gasteiger partial charge in [-0.3, -0.25) is 4.98 Å². The summed E-state index contributed by atoms with van der Waals surface area (Å²) in [7, 11) is 0. The van der Waals surface area contributed by atoms with Crippen LogP contribution in [-0.4, -0.2) is 4.98 Å². The summed E-state index contributed by atoms with van der Waals surface area (Å²) in [5.41, 5.74) is 2.16. The lowest BCUT2D eigenvalue weighted by Gasteiger charge is -2.07. The van der Waals surface area contributed by atoms with Crippen molar-refractivity contribution in [2.24, 2.45) is 0 Å². The Balaban J connectivity index is 2.32. The summed E-state index contributed by atoms with van der Waals surface area (Å²) in [6.45, 7) is 0. The van der Waals surface area contributed by atoms with Crippen LogP contribution in [0.25, 0.3) is 21.9 Å². The molecule has 0 bridgehead atoms. The minimum Gasteiger partial charge on any atom is -0.264 e. The molecule has 3 heteroatoms. The van der Waals surface area contributed by atoms with Gasteiger partial charge in [-0.1, -0.05) is 12.1 Å². The molecular formula is C16H9FN2. The van der Waals surface area contributed by atoms with Gasteiger partial charge in [-0.15, -0.1) is 0 Å². The SMILES string of the molecule is N#Cc1cccc(-c2cc(F)cc3cnccc23)c1. The number of fused-ring (bicyclic) bond motifs is 1. The fourth-order valence-electron chi connectivity index (χ4n) is 2.17. The Morgan fingerprint density at radius 2 is 2.00 bits per heavy atom. The van der Waals surface area contributed by atoms with Crippen LogP contribution in [0.3, 0.4) is 0 Å². The molecule has 2 nitrogen and oxygen atoms in total. The van der Waals surface area contributed by atoms with Crippen LogP contribution < -0.4 is 0 Å². The van der Waals surface area contributed by atoms with E-state index in [9.17, 15) is 4.39 Å². The van der Waals surface area contributed by atoms with Crippen LogP contribution in [0.2, 0.25) is 0 Å². The first kappa shape index (κ1) is 11.4. The number of nitrogens with zero attached hydrogens (tertiary/aromatic N) is 2. The fourth-order valence-corrected chi connectivity index (χ4v) is 2.17. The molecule has 3 rings (SSSR count). The number of pyridine rings is 1. The highest BCUT2D eigenvalue weighted by molar-refractivity contribution is 5.96. The predicted molar refractivity (Wildman–Crippen MR) is 71.9 cm³/mol. The summed E-state index contributed by atoms with van der Waals surface area (Å²) in [4.78, 5) is 4.00. The predicted octanol–water partition coefficient (Wildman–Crippen LogP) is 3.91. The number of nitriles is 1. The molecule has 1 aromatic heterocycles. The standard InChI is InChI=1S/C16H9FN2/c17-14-7-13-10-19-5-4-15(13)16(8-14)12-3-1-2-11(6-12)9-18/h1-8,10H. The topological polar surface area (TPSA) is 36.7 Å². The molecule has 2 aromatic carbocycles. The number of benzene rings is 2. The Hall–Kier alpha value is -2.73. The van der Waals surface area contributed by atoms with Gasteiger partial charge in [0.1, 0.15) is 5.82 Å². The monoisotopic (exact) mass is 248 g/mol. The summed E-state index contributed by atoms with van der Waals surface area (Å²) >= 11 is 0. The van der Waals surface area contributed by atoms with Crippen molar-refractivity contribution >= 4 is 10.8 Å². The van der Waals surface area contributed by atoms with Crippen molar-refractivity contribution in [2.75, 3.05) is 0 Å². The van der Waals surface area contributed by atoms with Gasteiger partial charge in [0, 0.05) is 17.8 Å². The van der Waals surface area contributed by atoms with E-state index in [1.807, 2.05) is 12.1 Å². The molecule has 0 saturated carbocycles. The third-order valence-electron chi connectivity index (χ3n) is 3.02. The van der Waals surface area contributed by atoms with Crippen molar-refractivity contribution in [1.29, 1.82) is 5.26 Å². The molecule has 0 N–H and O–H groups in total. The first-order valence-corrected chi connectivity index (χ1v) is 5.82. The van der Waals surface area contributed by atoms with Crippen LogP contribution >= 0.6 is 0 Å². The average molecular weight is 248 g/mol. The molecule has 19 heavy (non-hydrogen) atoms. The minimum absolute atomic E-state index is 0.308. The highest BCUT2D eigenvalue weighted by Crippen LogP contribution is 2.29. The number of rotatable bonds is 1. The Morgan fingerprint density at radius 3 is 2.84 bits per heavy atom. The maximum Gasteiger partial charge on any atom is 0.124 e. The smallest absolute Gasteiger partial charge is 0.124 e. The summed E-state index contributed by atoms with van der Waals surface area (Å²) in [6.07, 6.45) is 3.31. The van der Waals surface area contributed by atoms with Gasteiger partial charge >= 0.3 is 0 Å². The Morgan fingerprint density at radius 1 is 1.11 bits per heavy atom. The molecule has 0 aliphatic heterocycles. The maximum absolute atomic E-state index is 13.7. The highest BCUT2D eigenvalue weighted by Gasteiger charge is 2.07. The van der Waals surface area contributed by atoms with E-state index in [-0.39, 0.29) is 5.82 Å². The van der Waals surface area contributed by atoms with E-state index in [0.29, 0.717) is 5.56 Å². The van der Waals surface area contributed by atoms with Crippen LogP contribution in [0.15, 0.2) is 54.9 Å². The van der Waals surface area contributed by atoms with Gasteiger partial charge in [-0.25, -0.2) is 4.39 Å². The van der Waals surface area contributed by atoms with Gasteiger partial charge in [0.25, 0.3) is 0 Å². The minimum atomic E-state index is -0.308. The molecule has 0 unspecified atom stereocenters. The van der Waals surface area contributed by atoms with Gasteiger partial charge in [-0.2, -0.15) is 5.26 Å². The first-order valence-electron chi connectivity index (χ1n) is 5.82. The molecule has 0 fully saturated rings. The number of hydrogen-bond donors (Lipinski definition) is 0. The lowest BCUT2D eigenvalue weighted by molar-refractivity contribution is 0.630. The van der Waals surface area contributed by atoms with E-state index >= 15 is 0 Å². The third kappa shape index (κ3) is 2.04. The lowest BCUT2D eigenvalue weighted by atomic mass is 9.98. The molecule has 0 radical (unpaired) electrons. The van der Waals surface area contributed by atoms with Crippen LogP contribution in [0.1, 0.15) is 5.56 Å². The normalized spacial score (nSPS) is 10.3. The Bertz CT molecular complexity index is 803. The summed E-state index contributed by atoms with van der Waals surface area (Å²) in [6, 6.07) is 14.0. The van der Waals surface area contributed by atoms with Crippen LogP contribution in [0.5, 0.6) is 0 Å². The molecule has 90 valence electrons. The number of hydrogen-bond acceptors (Lipinski definition) is 2. The van der Waals surface area contributed by atoms with Gasteiger partial charge in [0.05, 0.1) is 11.6 Å². The number of aromatic nitrogens is 1. The molecule has 0 aliphatic rings. The molecule has 0 amide bonds. The average Bonchev–Trinajstić information content (AvgIpc) is 2.46. The van der Waals surface area contributed by atoms with Crippen LogP contribution in [-0.2, 0) is 0 Å². The van der Waals surface area contributed by atoms with Crippen molar-refractivity contribution in [3.63, 3.8) is 0 Å². The Labute approximate surface area is 109 Å². The second-order valence-electron chi connectivity index (χ2n) is 4.24. The number of halogens is 1. The van der Waals surface area contributed by atoms with E-state index in [2.05, 4.69) is 11.1 Å². The summed E-state index contributed by atoms with van der Waals surface area (Å²) < 4.78 is 13.7. The Kier molecular flexibility index (Phi) is 2.70. The van der Waals surface area contributed by atoms with Crippen LogP contribution in [0, 0.1) is 17.1 Å². The van der Waals surface area contributed by atoms with Crippen molar-refractivity contribution in [1.82, 2.24) is 4.98 Å². The second kappa shape index (κ2) is 4.51. The molecule has 1 heterocycles. The lowest BCUT2D eigenvalue weighted by Crippen LogP contribution is -1.86. The molecule has 0 saturated heterocycles. The highest BCUT2D eigenvalue weighted by atomic mass is 19.1. The van der Waals surface area contributed by atoms with Crippen molar-refractivity contribution in [3.05, 3.63) is 66.2 Å². The van der Waals surface area contributed by atoms with Gasteiger partial charge < -0.3 is 0 Å². The fraction of sp³-hybridized carbons (Fsp3) is 0. The van der Waals surface area contributed by atoms with Gasteiger partial charge in [-0.05, 0) is 46.8 Å². The largest absolute Gasteiger partial charge is 0.264 e. The second-order valence-corrected chi connectivity index (χ2v) is 4.24. The maximum atomic E-state index is 13.7. The summed E-state index contributed by atoms with van der Waals surface area (Å²) in [5, 5.41) is 10.6. The zero-order valence-electron chi connectivity index (χ0n) is 9.97. The first-order chi connectivity index (χ1) is 9.28. The van der Waals surface area contributed by atoms with E-state index in [1.54, 1.807) is 30.6 Å². The zero-order valence-corrected chi connectivity index (χ0v) is 9.97. The van der Waals surface area contributed by atoms with E-state index in [0.717, 1.165) is 21.9 Å². The quantitative estimate of drug-likeness (QED) is 0.654. The molecule has 0 spiro atoms. The van der Waals surface area contributed by atoms with Crippen molar-refractivity contribution < 1.29 is 4.39 Å². The molecule has 0 aliphatic carbocycles. The zero-order chi connectivity index (χ0) is 13.2.